The standard InChI is InChI=1S/C15H24/c1-12-9-13(2)11-15(5,6)8-7-14(3,4)10-12/h7-10H,11H2,1-6H3/b8-7-,12-10-,13-9?. The van der Waals surface area contributed by atoms with Gasteiger partial charge in [0.05, 0.1) is 0 Å². The molecule has 0 heterocycles. The lowest BCUT2D eigenvalue weighted by atomic mass is 9.83. The van der Waals surface area contributed by atoms with E-state index >= 15 is 0 Å². The van der Waals surface area contributed by atoms with Crippen LogP contribution in [0.3, 0.4) is 0 Å². The summed E-state index contributed by atoms with van der Waals surface area (Å²) in [6, 6.07) is 0. The highest BCUT2D eigenvalue weighted by atomic mass is 14.2. The Balaban J connectivity index is 3.14. The van der Waals surface area contributed by atoms with E-state index < -0.39 is 0 Å². The molecule has 0 saturated carbocycles. The molecule has 0 unspecified atom stereocenters. The summed E-state index contributed by atoms with van der Waals surface area (Å²) in [4.78, 5) is 0. The van der Waals surface area contributed by atoms with Crippen LogP contribution in [-0.2, 0) is 0 Å². The van der Waals surface area contributed by atoms with E-state index in [4.69, 9.17) is 0 Å². The minimum absolute atomic E-state index is 0.169. The Bertz CT molecular complexity index is 322. The van der Waals surface area contributed by atoms with Crippen molar-refractivity contribution >= 4 is 0 Å². The lowest BCUT2D eigenvalue weighted by molar-refractivity contribution is 0.467. The van der Waals surface area contributed by atoms with Crippen LogP contribution in [0.2, 0.25) is 0 Å². The van der Waals surface area contributed by atoms with Gasteiger partial charge in [0, 0.05) is 5.41 Å². The summed E-state index contributed by atoms with van der Waals surface area (Å²) < 4.78 is 0. The van der Waals surface area contributed by atoms with Gasteiger partial charge in [-0.1, -0.05) is 63.1 Å². The average Bonchev–Trinajstić information content (AvgIpc) is 1.99. The van der Waals surface area contributed by atoms with Gasteiger partial charge in [-0.3, -0.25) is 0 Å². The molecule has 1 aliphatic carbocycles. The second kappa shape index (κ2) is 4.00. The average molecular weight is 204 g/mol. The minimum Gasteiger partial charge on any atom is -0.0817 e. The molecule has 0 aromatic carbocycles. The first-order valence-corrected chi connectivity index (χ1v) is 5.77. The van der Waals surface area contributed by atoms with Crippen LogP contribution in [0, 0.1) is 10.8 Å². The molecule has 0 aromatic heterocycles. The van der Waals surface area contributed by atoms with Crippen molar-refractivity contribution in [2.24, 2.45) is 10.8 Å². The third kappa shape index (κ3) is 4.07. The summed E-state index contributed by atoms with van der Waals surface area (Å²) in [5.41, 5.74) is 3.29. The van der Waals surface area contributed by atoms with Crippen LogP contribution in [0.25, 0.3) is 0 Å². The molecular weight excluding hydrogens is 180 g/mol. The molecule has 0 spiro atoms. The summed E-state index contributed by atoms with van der Waals surface area (Å²) in [7, 11) is 0. The SMILES string of the molecule is CC1=C/C(C)=C\C(C)(C)/C=C\C(C)(C)C1. The highest BCUT2D eigenvalue weighted by molar-refractivity contribution is 5.28. The fraction of sp³-hybridized carbons (Fsp3) is 0.600. The summed E-state index contributed by atoms with van der Waals surface area (Å²) in [6.45, 7) is 13.5. The molecule has 84 valence electrons. The maximum atomic E-state index is 2.36. The van der Waals surface area contributed by atoms with Crippen LogP contribution in [0.4, 0.5) is 0 Å². The first-order chi connectivity index (χ1) is 6.70. The molecule has 0 N–H and O–H groups in total. The van der Waals surface area contributed by atoms with Gasteiger partial charge in [-0.15, -0.1) is 0 Å². The molecule has 0 atom stereocenters. The number of rotatable bonds is 0. The van der Waals surface area contributed by atoms with Gasteiger partial charge >= 0.3 is 0 Å². The van der Waals surface area contributed by atoms with Gasteiger partial charge < -0.3 is 0 Å². The molecule has 1 rings (SSSR count). The molecule has 0 nitrogen and oxygen atoms in total. The molecule has 0 fully saturated rings. The van der Waals surface area contributed by atoms with E-state index in [1.807, 2.05) is 0 Å². The van der Waals surface area contributed by atoms with Gasteiger partial charge in [-0.2, -0.15) is 0 Å². The Morgan fingerprint density at radius 3 is 2.20 bits per heavy atom. The van der Waals surface area contributed by atoms with E-state index in [2.05, 4.69) is 65.8 Å². The zero-order valence-corrected chi connectivity index (χ0v) is 11.0. The quantitative estimate of drug-likeness (QED) is 0.493. The first kappa shape index (κ1) is 12.3. The Morgan fingerprint density at radius 1 is 1.00 bits per heavy atom. The molecule has 0 bridgehead atoms. The Hall–Kier alpha value is -0.780. The van der Waals surface area contributed by atoms with E-state index in [1.54, 1.807) is 0 Å². The second-order valence-corrected chi connectivity index (χ2v) is 6.20. The number of hydrogen-bond acceptors (Lipinski definition) is 0. The summed E-state index contributed by atoms with van der Waals surface area (Å²) in [6.07, 6.45) is 10.5. The largest absolute Gasteiger partial charge is 0.0817 e. The highest BCUT2D eigenvalue weighted by Gasteiger charge is 2.19. The second-order valence-electron chi connectivity index (χ2n) is 6.20. The molecule has 0 aromatic rings. The predicted octanol–water partition coefficient (Wildman–Crippen LogP) is 4.89. The van der Waals surface area contributed by atoms with Crippen molar-refractivity contribution in [3.8, 4) is 0 Å². The van der Waals surface area contributed by atoms with Crippen molar-refractivity contribution in [3.05, 3.63) is 35.5 Å². The molecule has 0 radical (unpaired) electrons. The van der Waals surface area contributed by atoms with E-state index in [0.29, 0.717) is 0 Å². The van der Waals surface area contributed by atoms with Gasteiger partial charge in [0.15, 0.2) is 0 Å². The maximum absolute atomic E-state index is 2.36. The van der Waals surface area contributed by atoms with E-state index in [9.17, 15) is 0 Å². The van der Waals surface area contributed by atoms with E-state index in [-0.39, 0.29) is 10.8 Å². The smallest absolute Gasteiger partial charge is 0.00103 e. The normalized spacial score (nSPS) is 30.3. The topological polar surface area (TPSA) is 0 Å². The van der Waals surface area contributed by atoms with Crippen molar-refractivity contribution in [2.45, 2.75) is 48.0 Å². The van der Waals surface area contributed by atoms with Gasteiger partial charge in [-0.05, 0) is 25.7 Å². The van der Waals surface area contributed by atoms with Crippen LogP contribution in [-0.4, -0.2) is 0 Å². The third-order valence-corrected chi connectivity index (χ3v) is 2.77. The Labute approximate surface area is 94.8 Å². The molecule has 0 amide bonds. The van der Waals surface area contributed by atoms with Crippen LogP contribution < -0.4 is 0 Å². The summed E-state index contributed by atoms with van der Waals surface area (Å²) in [5, 5.41) is 0. The third-order valence-electron chi connectivity index (χ3n) is 2.77. The van der Waals surface area contributed by atoms with Gasteiger partial charge in [0.25, 0.3) is 0 Å². The van der Waals surface area contributed by atoms with Crippen molar-refractivity contribution < 1.29 is 0 Å². The first-order valence-electron chi connectivity index (χ1n) is 5.77. The fourth-order valence-corrected chi connectivity index (χ4v) is 2.33. The van der Waals surface area contributed by atoms with E-state index in [1.165, 1.54) is 11.1 Å². The molecule has 0 aliphatic heterocycles. The molecule has 1 aliphatic rings. The van der Waals surface area contributed by atoms with Crippen molar-refractivity contribution in [3.63, 3.8) is 0 Å². The van der Waals surface area contributed by atoms with E-state index in [0.717, 1.165) is 6.42 Å². The highest BCUT2D eigenvalue weighted by Crippen LogP contribution is 2.32. The fourth-order valence-electron chi connectivity index (χ4n) is 2.33. The summed E-state index contributed by atoms with van der Waals surface area (Å²) in [5.74, 6) is 0. The van der Waals surface area contributed by atoms with Crippen LogP contribution >= 0.6 is 0 Å². The zero-order valence-electron chi connectivity index (χ0n) is 11.0. The summed E-state index contributed by atoms with van der Waals surface area (Å²) >= 11 is 0. The maximum Gasteiger partial charge on any atom is 0.00103 e. The lowest BCUT2D eigenvalue weighted by Gasteiger charge is -2.22. The Kier molecular flexibility index (Phi) is 3.28. The van der Waals surface area contributed by atoms with Gasteiger partial charge in [-0.25, -0.2) is 0 Å². The van der Waals surface area contributed by atoms with Crippen LogP contribution in [0.1, 0.15) is 48.0 Å². The van der Waals surface area contributed by atoms with Crippen LogP contribution in [0.5, 0.6) is 0 Å². The molecule has 0 saturated heterocycles. The monoisotopic (exact) mass is 204 g/mol. The number of allylic oxidation sites excluding steroid dienone is 6. The molecule has 0 heteroatoms. The minimum atomic E-state index is 0.169. The zero-order chi connectivity index (χ0) is 11.7. The predicted molar refractivity (Wildman–Crippen MR) is 68.8 cm³/mol. The van der Waals surface area contributed by atoms with Gasteiger partial charge in [0.1, 0.15) is 0 Å². The van der Waals surface area contributed by atoms with Crippen molar-refractivity contribution in [1.82, 2.24) is 0 Å². The molecule has 15 heavy (non-hydrogen) atoms. The van der Waals surface area contributed by atoms with Crippen LogP contribution in [0.15, 0.2) is 35.5 Å². The molecular formula is C15H24. The van der Waals surface area contributed by atoms with Crippen molar-refractivity contribution in [2.75, 3.05) is 0 Å². The lowest BCUT2D eigenvalue weighted by Crippen LogP contribution is -2.10. The van der Waals surface area contributed by atoms with Crippen molar-refractivity contribution in [1.29, 1.82) is 0 Å². The number of hydrogen-bond donors (Lipinski definition) is 0. The Morgan fingerprint density at radius 2 is 1.60 bits per heavy atom. The van der Waals surface area contributed by atoms with Gasteiger partial charge in [0.2, 0.25) is 0 Å².